The summed E-state index contributed by atoms with van der Waals surface area (Å²) in [6, 6.07) is 0. The topological polar surface area (TPSA) is 20.2 Å². The van der Waals surface area contributed by atoms with Gasteiger partial charge in [-0.2, -0.15) is 0 Å². The van der Waals surface area contributed by atoms with Crippen LogP contribution in [0.1, 0.15) is 85.5 Å². The summed E-state index contributed by atoms with van der Waals surface area (Å²) in [6.07, 6.45) is 10.8. The van der Waals surface area contributed by atoms with Gasteiger partial charge < -0.3 is 5.11 Å². The highest BCUT2D eigenvalue weighted by molar-refractivity contribution is 4.89. The second-order valence-electron chi connectivity index (χ2n) is 6.95. The van der Waals surface area contributed by atoms with Crippen LogP contribution in [-0.4, -0.2) is 10.7 Å². The van der Waals surface area contributed by atoms with Crippen LogP contribution < -0.4 is 0 Å². The first-order valence-corrected chi connectivity index (χ1v) is 8.23. The number of aliphatic hydroxyl groups is 1. The van der Waals surface area contributed by atoms with E-state index in [9.17, 15) is 5.11 Å². The van der Waals surface area contributed by atoms with E-state index in [0.29, 0.717) is 0 Å². The molecule has 3 atom stereocenters. The van der Waals surface area contributed by atoms with E-state index in [4.69, 9.17) is 0 Å². The molecule has 0 radical (unpaired) electrons. The highest BCUT2D eigenvalue weighted by atomic mass is 16.3. The van der Waals surface area contributed by atoms with Gasteiger partial charge in [-0.15, -0.1) is 0 Å². The van der Waals surface area contributed by atoms with Gasteiger partial charge in [-0.3, -0.25) is 0 Å². The smallest absolute Gasteiger partial charge is 0.0653 e. The van der Waals surface area contributed by atoms with Crippen molar-refractivity contribution in [3.8, 4) is 0 Å². The summed E-state index contributed by atoms with van der Waals surface area (Å²) in [5.41, 5.74) is -0.346. The third-order valence-corrected chi connectivity index (χ3v) is 5.01. The summed E-state index contributed by atoms with van der Waals surface area (Å²) in [7, 11) is 0. The molecule has 1 rings (SSSR count). The molecule has 0 amide bonds. The van der Waals surface area contributed by atoms with E-state index >= 15 is 0 Å². The second kappa shape index (κ2) is 7.53. The molecule has 0 spiro atoms. The van der Waals surface area contributed by atoms with Crippen molar-refractivity contribution < 1.29 is 5.11 Å². The van der Waals surface area contributed by atoms with E-state index in [1.54, 1.807) is 0 Å². The lowest BCUT2D eigenvalue weighted by Gasteiger charge is -2.40. The molecule has 0 saturated heterocycles. The third kappa shape index (κ3) is 4.91. The van der Waals surface area contributed by atoms with Gasteiger partial charge in [0.05, 0.1) is 5.60 Å². The normalized spacial score (nSPS) is 30.7. The van der Waals surface area contributed by atoms with E-state index < -0.39 is 0 Å². The molecule has 1 aliphatic rings. The van der Waals surface area contributed by atoms with Gasteiger partial charge in [0, 0.05) is 0 Å². The molecule has 1 heteroatoms. The van der Waals surface area contributed by atoms with Gasteiger partial charge in [0.15, 0.2) is 0 Å². The summed E-state index contributed by atoms with van der Waals surface area (Å²) in [5, 5.41) is 10.9. The van der Waals surface area contributed by atoms with Crippen molar-refractivity contribution in [3.05, 3.63) is 0 Å². The zero-order chi connectivity index (χ0) is 13.6. The Morgan fingerprint density at radius 1 is 1.28 bits per heavy atom. The van der Waals surface area contributed by atoms with Gasteiger partial charge >= 0.3 is 0 Å². The number of unbranched alkanes of at least 4 members (excludes halogenated alkanes) is 1. The van der Waals surface area contributed by atoms with Crippen LogP contribution in [0.5, 0.6) is 0 Å². The molecule has 0 aromatic rings. The fourth-order valence-electron chi connectivity index (χ4n) is 3.62. The average Bonchev–Trinajstić information content (AvgIpc) is 2.34. The van der Waals surface area contributed by atoms with E-state index in [0.717, 1.165) is 37.0 Å². The molecule has 0 aromatic heterocycles. The van der Waals surface area contributed by atoms with Gasteiger partial charge in [0.25, 0.3) is 0 Å². The van der Waals surface area contributed by atoms with Crippen molar-refractivity contribution in [3.63, 3.8) is 0 Å². The number of hydrogen-bond acceptors (Lipinski definition) is 1. The predicted molar refractivity (Wildman–Crippen MR) is 79.7 cm³/mol. The molecule has 1 aliphatic carbocycles. The highest BCUT2D eigenvalue weighted by Gasteiger charge is 2.36. The Balaban J connectivity index is 2.51. The first-order valence-electron chi connectivity index (χ1n) is 8.23. The quantitative estimate of drug-likeness (QED) is 0.664. The third-order valence-electron chi connectivity index (χ3n) is 5.01. The molecule has 1 N–H and O–H groups in total. The van der Waals surface area contributed by atoms with Gasteiger partial charge in [-0.1, -0.05) is 59.8 Å². The summed E-state index contributed by atoms with van der Waals surface area (Å²) in [4.78, 5) is 0. The first kappa shape index (κ1) is 16.0. The molecule has 0 aromatic carbocycles. The molecule has 0 aliphatic heterocycles. The fraction of sp³-hybridized carbons (Fsp3) is 1.00. The Kier molecular flexibility index (Phi) is 6.70. The maximum absolute atomic E-state index is 10.9. The van der Waals surface area contributed by atoms with E-state index in [-0.39, 0.29) is 5.60 Å². The average molecular weight is 254 g/mol. The van der Waals surface area contributed by atoms with Crippen molar-refractivity contribution in [2.45, 2.75) is 91.1 Å². The minimum Gasteiger partial charge on any atom is -0.390 e. The van der Waals surface area contributed by atoms with Crippen LogP contribution in [0.25, 0.3) is 0 Å². The lowest BCUT2D eigenvalue weighted by Crippen LogP contribution is -2.38. The number of hydrogen-bond donors (Lipinski definition) is 1. The molecule has 3 unspecified atom stereocenters. The molecule has 0 heterocycles. The van der Waals surface area contributed by atoms with Crippen LogP contribution in [0.15, 0.2) is 0 Å². The largest absolute Gasteiger partial charge is 0.390 e. The monoisotopic (exact) mass is 254 g/mol. The standard InChI is InChI=1S/C17H34O/c1-5-7-9-15(6-2)12-17(18)11-8-10-16(13-17)14(3)4/h14-16,18H,5-13H2,1-4H3. The molecule has 108 valence electrons. The van der Waals surface area contributed by atoms with Crippen molar-refractivity contribution in [1.82, 2.24) is 0 Å². The second-order valence-corrected chi connectivity index (χ2v) is 6.95. The Hall–Kier alpha value is -0.0400. The van der Waals surface area contributed by atoms with E-state index in [1.165, 1.54) is 38.5 Å². The van der Waals surface area contributed by atoms with Crippen molar-refractivity contribution in [2.75, 3.05) is 0 Å². The van der Waals surface area contributed by atoms with Gasteiger partial charge in [0.2, 0.25) is 0 Å². The molecular formula is C17H34O. The van der Waals surface area contributed by atoms with Crippen molar-refractivity contribution in [1.29, 1.82) is 0 Å². The molecular weight excluding hydrogens is 220 g/mol. The van der Waals surface area contributed by atoms with Gasteiger partial charge in [-0.05, 0) is 43.4 Å². The maximum Gasteiger partial charge on any atom is 0.0653 e. The van der Waals surface area contributed by atoms with Gasteiger partial charge in [-0.25, -0.2) is 0 Å². The minimum atomic E-state index is -0.346. The molecule has 1 fully saturated rings. The first-order chi connectivity index (χ1) is 8.50. The Morgan fingerprint density at radius 2 is 2.00 bits per heavy atom. The lowest BCUT2D eigenvalue weighted by molar-refractivity contribution is -0.0441. The Morgan fingerprint density at radius 3 is 2.56 bits per heavy atom. The van der Waals surface area contributed by atoms with E-state index in [1.807, 2.05) is 0 Å². The summed E-state index contributed by atoms with van der Waals surface area (Å²) in [6.45, 7) is 9.17. The van der Waals surface area contributed by atoms with Crippen LogP contribution in [0.2, 0.25) is 0 Å². The zero-order valence-electron chi connectivity index (χ0n) is 13.0. The molecule has 0 bridgehead atoms. The van der Waals surface area contributed by atoms with Crippen molar-refractivity contribution in [2.24, 2.45) is 17.8 Å². The maximum atomic E-state index is 10.9. The Bertz CT molecular complexity index is 224. The van der Waals surface area contributed by atoms with Crippen LogP contribution >= 0.6 is 0 Å². The molecule has 1 nitrogen and oxygen atoms in total. The minimum absolute atomic E-state index is 0.346. The number of rotatable bonds is 7. The molecule has 18 heavy (non-hydrogen) atoms. The van der Waals surface area contributed by atoms with Crippen LogP contribution in [-0.2, 0) is 0 Å². The summed E-state index contributed by atoms with van der Waals surface area (Å²) in [5.74, 6) is 2.21. The highest BCUT2D eigenvalue weighted by Crippen LogP contribution is 2.40. The Labute approximate surface area is 114 Å². The van der Waals surface area contributed by atoms with Crippen molar-refractivity contribution >= 4 is 0 Å². The van der Waals surface area contributed by atoms with E-state index in [2.05, 4.69) is 27.7 Å². The molecule has 1 saturated carbocycles. The fourth-order valence-corrected chi connectivity index (χ4v) is 3.62. The van der Waals surface area contributed by atoms with Crippen LogP contribution in [0.3, 0.4) is 0 Å². The summed E-state index contributed by atoms with van der Waals surface area (Å²) < 4.78 is 0. The lowest BCUT2D eigenvalue weighted by atomic mass is 9.70. The zero-order valence-corrected chi connectivity index (χ0v) is 13.0. The predicted octanol–water partition coefficient (Wildman–Crippen LogP) is 5.17. The summed E-state index contributed by atoms with van der Waals surface area (Å²) >= 11 is 0. The van der Waals surface area contributed by atoms with Crippen LogP contribution in [0.4, 0.5) is 0 Å². The van der Waals surface area contributed by atoms with Gasteiger partial charge in [0.1, 0.15) is 0 Å². The SMILES string of the molecule is CCCCC(CC)CC1(O)CCCC(C(C)C)C1. The van der Waals surface area contributed by atoms with Crippen LogP contribution in [0, 0.1) is 17.8 Å².